The van der Waals surface area contributed by atoms with E-state index in [0.717, 1.165) is 22.3 Å². The molecule has 0 atom stereocenters. The van der Waals surface area contributed by atoms with Gasteiger partial charge < -0.3 is 5.11 Å². The molecule has 0 unspecified atom stereocenters. The summed E-state index contributed by atoms with van der Waals surface area (Å²) >= 11 is 7.23. The van der Waals surface area contributed by atoms with Crippen molar-refractivity contribution >= 4 is 46.1 Å². The molecule has 4 rings (SSSR count). The fraction of sp³-hybridized carbons (Fsp3) is 0.296. The summed E-state index contributed by atoms with van der Waals surface area (Å²) in [5, 5.41) is 16.0. The standard InChI is InChI=1S/C27H28ClN3O2S/c1-26(2,3)19-13-17(14-20(23(19)32)27(4,5)6)15-21-24(33)31-25(34-21)29-22(30-31)12-9-16-7-10-18(28)11-8-16/h7-15,32H,1-6H3/b12-9+,21-15+. The van der Waals surface area contributed by atoms with Crippen LogP contribution in [0, 0.1) is 0 Å². The van der Waals surface area contributed by atoms with Crippen LogP contribution in [-0.4, -0.2) is 19.7 Å². The van der Waals surface area contributed by atoms with Crippen LogP contribution in [0.3, 0.4) is 0 Å². The second-order valence-corrected chi connectivity index (χ2v) is 11.9. The number of thiazole rings is 1. The van der Waals surface area contributed by atoms with Gasteiger partial charge in [-0.15, -0.1) is 5.10 Å². The second kappa shape index (κ2) is 8.67. The molecule has 2 heterocycles. The van der Waals surface area contributed by atoms with E-state index in [4.69, 9.17) is 11.6 Å². The predicted molar refractivity (Wildman–Crippen MR) is 142 cm³/mol. The normalized spacial score (nSPS) is 13.4. The number of aromatic hydroxyl groups is 1. The van der Waals surface area contributed by atoms with Crippen LogP contribution in [0.4, 0.5) is 0 Å². The zero-order valence-corrected chi connectivity index (χ0v) is 21.8. The fourth-order valence-corrected chi connectivity index (χ4v) is 4.74. The minimum absolute atomic E-state index is 0.207. The Labute approximate surface area is 208 Å². The number of benzene rings is 2. The molecular weight excluding hydrogens is 466 g/mol. The van der Waals surface area contributed by atoms with Crippen molar-refractivity contribution in [3.63, 3.8) is 0 Å². The van der Waals surface area contributed by atoms with Crippen LogP contribution in [0.15, 0.2) is 41.2 Å². The first kappa shape index (κ1) is 24.2. The summed E-state index contributed by atoms with van der Waals surface area (Å²) in [7, 11) is 0. The van der Waals surface area contributed by atoms with Gasteiger partial charge in [0.05, 0.1) is 4.53 Å². The van der Waals surface area contributed by atoms with Crippen molar-refractivity contribution in [2.24, 2.45) is 0 Å². The molecule has 176 valence electrons. The van der Waals surface area contributed by atoms with Crippen LogP contribution in [0.5, 0.6) is 5.75 Å². The van der Waals surface area contributed by atoms with Gasteiger partial charge >= 0.3 is 0 Å². The summed E-state index contributed by atoms with van der Waals surface area (Å²) in [5.41, 5.74) is 2.85. The molecule has 0 bridgehead atoms. The Morgan fingerprint density at radius 3 is 2.06 bits per heavy atom. The minimum atomic E-state index is -0.245. The first-order valence-electron chi connectivity index (χ1n) is 11.1. The van der Waals surface area contributed by atoms with Crippen LogP contribution < -0.4 is 10.1 Å². The maximum Gasteiger partial charge on any atom is 0.291 e. The van der Waals surface area contributed by atoms with Crippen molar-refractivity contribution in [3.05, 3.63) is 84.4 Å². The van der Waals surface area contributed by atoms with Crippen LogP contribution in [0.1, 0.15) is 69.6 Å². The van der Waals surface area contributed by atoms with E-state index in [1.807, 2.05) is 48.6 Å². The SMILES string of the molecule is CC(C)(C)c1cc(/C=c2/sc3nc(/C=C/c4ccc(Cl)cc4)nn3c2=O)cc(C(C)(C)C)c1O. The molecule has 1 N–H and O–H groups in total. The van der Waals surface area contributed by atoms with E-state index >= 15 is 0 Å². The molecule has 34 heavy (non-hydrogen) atoms. The predicted octanol–water partition coefficient (Wildman–Crippen LogP) is 5.82. The number of nitrogens with zero attached hydrogens (tertiary/aromatic N) is 3. The van der Waals surface area contributed by atoms with Gasteiger partial charge in [0.25, 0.3) is 5.56 Å². The van der Waals surface area contributed by atoms with E-state index in [-0.39, 0.29) is 16.4 Å². The third kappa shape index (κ3) is 4.93. The number of phenolic OH excluding ortho intramolecular Hbond substituents is 1. The largest absolute Gasteiger partial charge is 0.507 e. The van der Waals surface area contributed by atoms with Gasteiger partial charge in [-0.3, -0.25) is 4.79 Å². The average molecular weight is 494 g/mol. The zero-order chi connectivity index (χ0) is 24.8. The number of phenols is 1. The Morgan fingerprint density at radius 1 is 0.941 bits per heavy atom. The zero-order valence-electron chi connectivity index (χ0n) is 20.2. The van der Waals surface area contributed by atoms with E-state index in [0.29, 0.717) is 26.1 Å². The molecule has 5 nitrogen and oxygen atoms in total. The minimum Gasteiger partial charge on any atom is -0.507 e. The number of fused-ring (bicyclic) bond motifs is 1. The lowest BCUT2D eigenvalue weighted by Crippen LogP contribution is -2.24. The maximum absolute atomic E-state index is 13.0. The fourth-order valence-electron chi connectivity index (χ4n) is 3.70. The van der Waals surface area contributed by atoms with Gasteiger partial charge in [-0.1, -0.05) is 82.7 Å². The Morgan fingerprint density at radius 2 is 1.53 bits per heavy atom. The highest BCUT2D eigenvalue weighted by Gasteiger charge is 2.26. The maximum atomic E-state index is 13.0. The Balaban J connectivity index is 1.76. The number of aromatic nitrogens is 3. The quantitative estimate of drug-likeness (QED) is 0.390. The molecule has 2 aromatic carbocycles. The van der Waals surface area contributed by atoms with Crippen molar-refractivity contribution in [1.29, 1.82) is 0 Å². The van der Waals surface area contributed by atoms with Gasteiger partial charge in [0.15, 0.2) is 5.82 Å². The van der Waals surface area contributed by atoms with Crippen LogP contribution >= 0.6 is 22.9 Å². The molecule has 0 amide bonds. The van der Waals surface area contributed by atoms with Crippen molar-refractivity contribution in [2.75, 3.05) is 0 Å². The van der Waals surface area contributed by atoms with Gasteiger partial charge in [-0.25, -0.2) is 0 Å². The summed E-state index contributed by atoms with van der Waals surface area (Å²) in [4.78, 5) is 18.1. The Kier molecular flexibility index (Phi) is 6.17. The number of rotatable bonds is 3. The van der Waals surface area contributed by atoms with Crippen molar-refractivity contribution in [1.82, 2.24) is 14.6 Å². The van der Waals surface area contributed by atoms with Crippen LogP contribution in [0.2, 0.25) is 5.02 Å². The lowest BCUT2D eigenvalue weighted by molar-refractivity contribution is 0.423. The van der Waals surface area contributed by atoms with Gasteiger partial charge in [0, 0.05) is 16.1 Å². The monoisotopic (exact) mass is 493 g/mol. The van der Waals surface area contributed by atoms with Crippen molar-refractivity contribution in [3.8, 4) is 5.75 Å². The van der Waals surface area contributed by atoms with E-state index in [1.165, 1.54) is 15.9 Å². The number of hydrogen-bond donors (Lipinski definition) is 1. The smallest absolute Gasteiger partial charge is 0.291 e. The van der Waals surface area contributed by atoms with Gasteiger partial charge in [-0.2, -0.15) is 9.50 Å². The highest BCUT2D eigenvalue weighted by molar-refractivity contribution is 7.15. The molecule has 0 saturated carbocycles. The Hall–Kier alpha value is -2.96. The van der Waals surface area contributed by atoms with Gasteiger partial charge in [-0.05, 0) is 58.4 Å². The van der Waals surface area contributed by atoms with Gasteiger partial charge in [0.2, 0.25) is 4.96 Å². The molecule has 0 spiro atoms. The third-order valence-electron chi connectivity index (χ3n) is 5.54. The molecular formula is C27H28ClN3O2S. The van der Waals surface area contributed by atoms with Crippen molar-refractivity contribution < 1.29 is 5.11 Å². The summed E-state index contributed by atoms with van der Waals surface area (Å²) in [6.07, 6.45) is 5.51. The first-order valence-corrected chi connectivity index (χ1v) is 12.3. The van der Waals surface area contributed by atoms with E-state index in [1.54, 1.807) is 6.08 Å². The molecule has 0 saturated heterocycles. The molecule has 7 heteroatoms. The summed E-state index contributed by atoms with van der Waals surface area (Å²) in [6, 6.07) is 11.4. The van der Waals surface area contributed by atoms with Crippen LogP contribution in [0.25, 0.3) is 23.2 Å². The van der Waals surface area contributed by atoms with Crippen molar-refractivity contribution in [2.45, 2.75) is 52.4 Å². The molecule has 2 aromatic heterocycles. The van der Waals surface area contributed by atoms with E-state index in [9.17, 15) is 9.90 Å². The Bertz CT molecular complexity index is 1470. The average Bonchev–Trinajstić information content (AvgIpc) is 3.26. The molecule has 0 aliphatic heterocycles. The molecule has 4 aromatic rings. The van der Waals surface area contributed by atoms with E-state index < -0.39 is 0 Å². The van der Waals surface area contributed by atoms with E-state index in [2.05, 4.69) is 51.6 Å². The summed E-state index contributed by atoms with van der Waals surface area (Å²) in [6.45, 7) is 12.4. The topological polar surface area (TPSA) is 67.5 Å². The molecule has 0 radical (unpaired) electrons. The second-order valence-electron chi connectivity index (χ2n) is 10.4. The van der Waals surface area contributed by atoms with Gasteiger partial charge in [0.1, 0.15) is 5.75 Å². The molecule has 0 aliphatic carbocycles. The molecule has 0 fully saturated rings. The molecule has 0 aliphatic rings. The number of halogens is 1. The summed E-state index contributed by atoms with van der Waals surface area (Å²) in [5.74, 6) is 0.791. The lowest BCUT2D eigenvalue weighted by Gasteiger charge is -2.27. The third-order valence-corrected chi connectivity index (χ3v) is 6.75. The lowest BCUT2D eigenvalue weighted by atomic mass is 9.78. The number of hydrogen-bond acceptors (Lipinski definition) is 5. The van der Waals surface area contributed by atoms with Crippen LogP contribution in [-0.2, 0) is 10.8 Å². The first-order chi connectivity index (χ1) is 15.8. The highest BCUT2D eigenvalue weighted by Crippen LogP contribution is 2.39. The highest BCUT2D eigenvalue weighted by atomic mass is 35.5. The summed E-state index contributed by atoms with van der Waals surface area (Å²) < 4.78 is 1.89.